The molecule has 0 saturated carbocycles. The molecule has 4 heteroatoms. The number of rotatable bonds is 1. The van der Waals surface area contributed by atoms with Crippen molar-refractivity contribution in [3.8, 4) is 5.75 Å². The van der Waals surface area contributed by atoms with Crippen molar-refractivity contribution >= 4 is 11.4 Å². The van der Waals surface area contributed by atoms with E-state index in [0.29, 0.717) is 23.7 Å². The Hall–Kier alpha value is -1.58. The van der Waals surface area contributed by atoms with Crippen LogP contribution in [0.15, 0.2) is 23.4 Å². The zero-order chi connectivity index (χ0) is 9.26. The topological polar surface area (TPSA) is 50.7 Å². The Kier molecular flexibility index (Phi) is 1.88. The summed E-state index contributed by atoms with van der Waals surface area (Å²) >= 11 is 0. The molecule has 0 bridgehead atoms. The Balaban J connectivity index is 2.46. The fourth-order valence-corrected chi connectivity index (χ4v) is 1.36. The summed E-state index contributed by atoms with van der Waals surface area (Å²) in [5.74, 6) is 0.704. The molecule has 0 amide bonds. The van der Waals surface area contributed by atoms with Crippen molar-refractivity contribution in [1.82, 2.24) is 0 Å². The van der Waals surface area contributed by atoms with E-state index in [1.165, 1.54) is 0 Å². The summed E-state index contributed by atoms with van der Waals surface area (Å²) in [6.07, 6.45) is 0. The van der Waals surface area contributed by atoms with Crippen molar-refractivity contribution in [1.29, 1.82) is 0 Å². The smallest absolute Gasteiger partial charge is 0.144 e. The lowest BCUT2D eigenvalue weighted by atomic mass is 10.2. The van der Waals surface area contributed by atoms with Crippen LogP contribution in [0.2, 0.25) is 0 Å². The molecule has 0 saturated heterocycles. The van der Waals surface area contributed by atoms with Gasteiger partial charge in [0, 0.05) is 0 Å². The summed E-state index contributed by atoms with van der Waals surface area (Å²) in [6, 6.07) is 5.46. The monoisotopic (exact) mass is 178 g/mol. The van der Waals surface area contributed by atoms with Crippen LogP contribution < -0.4 is 10.1 Å². The third-order valence-electron chi connectivity index (χ3n) is 1.98. The van der Waals surface area contributed by atoms with Gasteiger partial charge in [0.1, 0.15) is 23.7 Å². The Morgan fingerprint density at radius 1 is 1.62 bits per heavy atom. The first kappa shape index (κ1) is 8.04. The van der Waals surface area contributed by atoms with Crippen LogP contribution in [-0.4, -0.2) is 12.6 Å². The van der Waals surface area contributed by atoms with Crippen molar-refractivity contribution in [3.05, 3.63) is 23.1 Å². The number of hydrogen-bond donors (Lipinski definition) is 1. The van der Waals surface area contributed by atoms with Gasteiger partial charge in [0.15, 0.2) is 0 Å². The Bertz CT molecular complexity index is 338. The van der Waals surface area contributed by atoms with Crippen LogP contribution in [0.25, 0.3) is 0 Å². The molecule has 0 aromatic heterocycles. The molecule has 1 unspecified atom stereocenters. The third-order valence-corrected chi connectivity index (χ3v) is 1.98. The largest absolute Gasteiger partial charge is 0.489 e. The third kappa shape index (κ3) is 1.35. The highest BCUT2D eigenvalue weighted by molar-refractivity contribution is 5.73. The molecule has 0 spiro atoms. The van der Waals surface area contributed by atoms with Gasteiger partial charge in [-0.05, 0) is 24.2 Å². The minimum absolute atomic E-state index is 0.218. The van der Waals surface area contributed by atoms with Crippen LogP contribution in [0.5, 0.6) is 5.75 Å². The summed E-state index contributed by atoms with van der Waals surface area (Å²) in [5, 5.41) is 6.09. The number of nitrogens with one attached hydrogen (secondary N) is 1. The molecule has 1 aliphatic heterocycles. The molecule has 1 aromatic carbocycles. The second-order valence-corrected chi connectivity index (χ2v) is 3.10. The SMILES string of the molecule is CC1COc2cccc(N=O)c2N1. The Morgan fingerprint density at radius 3 is 3.23 bits per heavy atom. The van der Waals surface area contributed by atoms with E-state index in [4.69, 9.17) is 4.74 Å². The van der Waals surface area contributed by atoms with Crippen LogP contribution >= 0.6 is 0 Å². The van der Waals surface area contributed by atoms with E-state index < -0.39 is 0 Å². The summed E-state index contributed by atoms with van der Waals surface area (Å²) in [7, 11) is 0. The first-order valence-corrected chi connectivity index (χ1v) is 4.17. The molecule has 13 heavy (non-hydrogen) atoms. The van der Waals surface area contributed by atoms with Gasteiger partial charge in [0.25, 0.3) is 0 Å². The van der Waals surface area contributed by atoms with Gasteiger partial charge in [-0.1, -0.05) is 6.07 Å². The average Bonchev–Trinajstić information content (AvgIpc) is 2.17. The number of hydrogen-bond acceptors (Lipinski definition) is 4. The predicted octanol–water partition coefficient (Wildman–Crippen LogP) is 2.28. The summed E-state index contributed by atoms with van der Waals surface area (Å²) in [4.78, 5) is 10.4. The van der Waals surface area contributed by atoms with E-state index in [1.54, 1.807) is 12.1 Å². The van der Waals surface area contributed by atoms with Crippen LogP contribution in [-0.2, 0) is 0 Å². The fourth-order valence-electron chi connectivity index (χ4n) is 1.36. The number of anilines is 1. The van der Waals surface area contributed by atoms with Gasteiger partial charge in [-0.3, -0.25) is 0 Å². The van der Waals surface area contributed by atoms with Crippen LogP contribution in [0.4, 0.5) is 11.4 Å². The van der Waals surface area contributed by atoms with Crippen LogP contribution in [0, 0.1) is 4.91 Å². The maximum Gasteiger partial charge on any atom is 0.144 e. The van der Waals surface area contributed by atoms with Crippen molar-refractivity contribution in [2.75, 3.05) is 11.9 Å². The molecule has 2 rings (SSSR count). The molecular weight excluding hydrogens is 168 g/mol. The van der Waals surface area contributed by atoms with Crippen LogP contribution in [0.1, 0.15) is 6.92 Å². The fraction of sp³-hybridized carbons (Fsp3) is 0.333. The molecule has 0 aliphatic carbocycles. The number of nitroso groups, excluding NO2 is 1. The zero-order valence-electron chi connectivity index (χ0n) is 7.28. The second kappa shape index (κ2) is 3.05. The molecule has 1 aliphatic rings. The van der Waals surface area contributed by atoms with Gasteiger partial charge in [0.05, 0.1) is 6.04 Å². The standard InChI is InChI=1S/C9H10N2O2/c1-6-5-13-8-4-2-3-7(11-12)9(8)10-6/h2-4,6,10H,5H2,1H3. The van der Waals surface area contributed by atoms with E-state index in [1.807, 2.05) is 13.0 Å². The maximum absolute atomic E-state index is 10.4. The first-order chi connectivity index (χ1) is 6.31. The van der Waals surface area contributed by atoms with Crippen molar-refractivity contribution in [3.63, 3.8) is 0 Å². The van der Waals surface area contributed by atoms with Gasteiger partial charge in [-0.2, -0.15) is 0 Å². The highest BCUT2D eigenvalue weighted by Gasteiger charge is 2.18. The number of ether oxygens (including phenoxy) is 1. The molecule has 0 radical (unpaired) electrons. The lowest BCUT2D eigenvalue weighted by Crippen LogP contribution is -2.28. The van der Waals surface area contributed by atoms with E-state index in [-0.39, 0.29) is 6.04 Å². The molecule has 1 atom stereocenters. The van der Waals surface area contributed by atoms with E-state index in [2.05, 4.69) is 10.5 Å². The summed E-state index contributed by atoms with van der Waals surface area (Å²) in [6.45, 7) is 2.61. The van der Waals surface area contributed by atoms with E-state index in [0.717, 1.165) is 0 Å². The second-order valence-electron chi connectivity index (χ2n) is 3.10. The maximum atomic E-state index is 10.4. The number of fused-ring (bicyclic) bond motifs is 1. The molecule has 0 fully saturated rings. The van der Waals surface area contributed by atoms with Gasteiger partial charge < -0.3 is 10.1 Å². The summed E-state index contributed by atoms with van der Waals surface area (Å²) in [5.41, 5.74) is 1.11. The predicted molar refractivity (Wildman–Crippen MR) is 50.5 cm³/mol. The van der Waals surface area contributed by atoms with Gasteiger partial charge in [-0.25, -0.2) is 0 Å². The molecule has 1 aromatic rings. The molecule has 1 N–H and O–H groups in total. The van der Waals surface area contributed by atoms with E-state index >= 15 is 0 Å². The first-order valence-electron chi connectivity index (χ1n) is 4.17. The van der Waals surface area contributed by atoms with Crippen LogP contribution in [0.3, 0.4) is 0 Å². The number of nitrogens with zero attached hydrogens (tertiary/aromatic N) is 1. The van der Waals surface area contributed by atoms with Crippen molar-refractivity contribution < 1.29 is 4.74 Å². The van der Waals surface area contributed by atoms with Gasteiger partial charge >= 0.3 is 0 Å². The molecular formula is C9H10N2O2. The number of para-hydroxylation sites is 1. The average molecular weight is 178 g/mol. The van der Waals surface area contributed by atoms with Gasteiger partial charge in [-0.15, -0.1) is 4.91 Å². The minimum Gasteiger partial charge on any atom is -0.489 e. The Labute approximate surface area is 75.9 Å². The van der Waals surface area contributed by atoms with Crippen molar-refractivity contribution in [2.45, 2.75) is 13.0 Å². The minimum atomic E-state index is 0.218. The zero-order valence-corrected chi connectivity index (χ0v) is 7.28. The number of benzene rings is 1. The highest BCUT2D eigenvalue weighted by Crippen LogP contribution is 2.37. The lowest BCUT2D eigenvalue weighted by Gasteiger charge is -2.24. The Morgan fingerprint density at radius 2 is 2.46 bits per heavy atom. The highest BCUT2D eigenvalue weighted by atomic mass is 16.5. The molecule has 1 heterocycles. The van der Waals surface area contributed by atoms with Gasteiger partial charge in [0.2, 0.25) is 0 Å². The quantitative estimate of drug-likeness (QED) is 0.671. The molecule has 68 valence electrons. The van der Waals surface area contributed by atoms with Crippen molar-refractivity contribution in [2.24, 2.45) is 5.18 Å². The summed E-state index contributed by atoms with van der Waals surface area (Å²) < 4.78 is 5.42. The lowest BCUT2D eigenvalue weighted by molar-refractivity contribution is 0.292. The van der Waals surface area contributed by atoms with E-state index in [9.17, 15) is 4.91 Å². The normalized spacial score (nSPS) is 19.6. The molecule has 4 nitrogen and oxygen atoms in total.